The van der Waals surface area contributed by atoms with E-state index in [1.807, 2.05) is 33.9 Å². The van der Waals surface area contributed by atoms with Gasteiger partial charge in [-0.3, -0.25) is 4.90 Å². The Morgan fingerprint density at radius 1 is 1.15 bits per heavy atom. The Morgan fingerprint density at radius 3 is 2.04 bits per heavy atom. The smallest absolute Gasteiger partial charge is 0.416 e. The molecular weight excluding hydrogens is 367 g/mol. The average molecular weight is 400 g/mol. The molecule has 1 saturated heterocycles. The van der Waals surface area contributed by atoms with Crippen LogP contribution in [0.15, 0.2) is 0 Å². The van der Waals surface area contributed by atoms with E-state index in [0.29, 0.717) is 0 Å². The number of ether oxygens (including phenoxy) is 1. The number of hydrogen-bond donors (Lipinski definition) is 1. The number of aliphatic hydroxyl groups excluding tert-OH is 1. The molecule has 0 unspecified atom stereocenters. The standard InChI is InChI=1S/C17H32F3NO4Si/c1-15(2,3)24-14(23)21-10-9-11(12(21)13(22)17(18,19)20)25-26(7,8)16(4,5)6/h11-13,22H,9-10H2,1-8H3/t11-,12-,13-/m0/s1. The molecule has 1 fully saturated rings. The average Bonchev–Trinajstić information content (AvgIpc) is 2.76. The Bertz CT molecular complexity index is 512. The minimum Gasteiger partial charge on any atom is -0.444 e. The maximum Gasteiger partial charge on any atom is 0.416 e. The molecule has 1 aliphatic heterocycles. The number of rotatable bonds is 3. The predicted octanol–water partition coefficient (Wildman–Crippen LogP) is 4.31. The molecule has 1 aliphatic rings. The van der Waals surface area contributed by atoms with E-state index in [4.69, 9.17) is 9.16 Å². The minimum absolute atomic E-state index is 0.0476. The van der Waals surface area contributed by atoms with Gasteiger partial charge in [0.2, 0.25) is 0 Å². The van der Waals surface area contributed by atoms with Gasteiger partial charge in [0.25, 0.3) is 0 Å². The first-order valence-electron chi connectivity index (χ1n) is 8.79. The highest BCUT2D eigenvalue weighted by Crippen LogP contribution is 2.41. The van der Waals surface area contributed by atoms with Gasteiger partial charge < -0.3 is 14.3 Å². The van der Waals surface area contributed by atoms with E-state index in [1.165, 1.54) is 0 Å². The number of halogens is 3. The molecule has 1 heterocycles. The van der Waals surface area contributed by atoms with Crippen molar-refractivity contribution in [3.8, 4) is 0 Å². The van der Waals surface area contributed by atoms with Gasteiger partial charge in [-0.05, 0) is 45.3 Å². The van der Waals surface area contributed by atoms with Gasteiger partial charge in [-0.15, -0.1) is 0 Å². The molecule has 0 radical (unpaired) electrons. The molecule has 1 N–H and O–H groups in total. The number of likely N-dealkylation sites (tertiary alicyclic amines) is 1. The monoisotopic (exact) mass is 399 g/mol. The van der Waals surface area contributed by atoms with Crippen LogP contribution < -0.4 is 0 Å². The summed E-state index contributed by atoms with van der Waals surface area (Å²) in [6.45, 7) is 14.8. The number of carbonyl (C=O) groups is 1. The number of carbonyl (C=O) groups excluding carboxylic acids is 1. The van der Waals surface area contributed by atoms with Crippen molar-refractivity contribution in [1.29, 1.82) is 0 Å². The van der Waals surface area contributed by atoms with E-state index in [2.05, 4.69) is 0 Å². The van der Waals surface area contributed by atoms with Gasteiger partial charge in [0, 0.05) is 6.54 Å². The van der Waals surface area contributed by atoms with Crippen LogP contribution in [0, 0.1) is 0 Å². The fraction of sp³-hybridized carbons (Fsp3) is 0.941. The van der Waals surface area contributed by atoms with E-state index in [-0.39, 0.29) is 18.0 Å². The van der Waals surface area contributed by atoms with Crippen molar-refractivity contribution in [1.82, 2.24) is 4.90 Å². The normalized spacial score (nSPS) is 23.9. The highest BCUT2D eigenvalue weighted by Gasteiger charge is 2.55. The summed E-state index contributed by atoms with van der Waals surface area (Å²) in [5.41, 5.74) is -0.844. The Balaban J connectivity index is 3.14. The van der Waals surface area contributed by atoms with E-state index < -0.39 is 44.4 Å². The second kappa shape index (κ2) is 7.31. The van der Waals surface area contributed by atoms with Crippen molar-refractivity contribution in [3.63, 3.8) is 0 Å². The molecule has 0 aromatic carbocycles. The Morgan fingerprint density at radius 2 is 1.65 bits per heavy atom. The molecule has 0 spiro atoms. The summed E-state index contributed by atoms with van der Waals surface area (Å²) >= 11 is 0. The third-order valence-electron chi connectivity index (χ3n) is 4.93. The summed E-state index contributed by atoms with van der Waals surface area (Å²) in [5, 5.41) is 9.73. The molecule has 1 rings (SSSR count). The number of amides is 1. The van der Waals surface area contributed by atoms with Crippen molar-refractivity contribution < 1.29 is 32.2 Å². The molecule has 154 valence electrons. The second-order valence-corrected chi connectivity index (χ2v) is 14.1. The number of nitrogens with zero attached hydrogens (tertiary/aromatic N) is 1. The van der Waals surface area contributed by atoms with Crippen molar-refractivity contribution in [3.05, 3.63) is 0 Å². The Labute approximate surface area is 155 Å². The maximum absolute atomic E-state index is 13.2. The van der Waals surface area contributed by atoms with Crippen LogP contribution in [0.1, 0.15) is 48.0 Å². The summed E-state index contributed by atoms with van der Waals surface area (Å²) in [6.07, 6.45) is -9.08. The number of alkyl halides is 3. The molecule has 0 bridgehead atoms. The Kier molecular flexibility index (Phi) is 6.54. The molecule has 1 amide bonds. The molecule has 3 atom stereocenters. The van der Waals surface area contributed by atoms with Crippen LogP contribution >= 0.6 is 0 Å². The molecule has 5 nitrogen and oxygen atoms in total. The number of aliphatic hydroxyl groups is 1. The highest BCUT2D eigenvalue weighted by molar-refractivity contribution is 6.74. The minimum atomic E-state index is -4.86. The van der Waals surface area contributed by atoms with E-state index in [1.54, 1.807) is 20.8 Å². The first kappa shape index (κ1) is 23.2. The summed E-state index contributed by atoms with van der Waals surface area (Å²) < 4.78 is 51.1. The molecule has 0 aromatic rings. The lowest BCUT2D eigenvalue weighted by Crippen LogP contribution is -2.56. The van der Waals surface area contributed by atoms with Gasteiger partial charge in [0.05, 0.1) is 12.1 Å². The highest BCUT2D eigenvalue weighted by atomic mass is 28.4. The molecule has 0 saturated carbocycles. The summed E-state index contributed by atoms with van der Waals surface area (Å²) in [5.74, 6) is 0. The third kappa shape index (κ3) is 5.59. The van der Waals surface area contributed by atoms with Crippen molar-refractivity contribution in [2.45, 2.75) is 96.1 Å². The van der Waals surface area contributed by atoms with Crippen LogP contribution in [0.25, 0.3) is 0 Å². The molecule has 0 aromatic heterocycles. The Hall–Kier alpha value is -0.803. The van der Waals surface area contributed by atoms with Gasteiger partial charge in [-0.25, -0.2) is 4.79 Å². The van der Waals surface area contributed by atoms with Crippen LogP contribution in [0.3, 0.4) is 0 Å². The molecular formula is C17H32F3NO4Si. The topological polar surface area (TPSA) is 59.0 Å². The van der Waals surface area contributed by atoms with E-state index in [0.717, 1.165) is 4.90 Å². The van der Waals surface area contributed by atoms with Gasteiger partial charge in [0.15, 0.2) is 14.4 Å². The van der Waals surface area contributed by atoms with Crippen LogP contribution in [-0.4, -0.2) is 61.0 Å². The second-order valence-electron chi connectivity index (χ2n) is 9.36. The quantitative estimate of drug-likeness (QED) is 0.719. The third-order valence-corrected chi connectivity index (χ3v) is 9.44. The maximum atomic E-state index is 13.2. The largest absolute Gasteiger partial charge is 0.444 e. The van der Waals surface area contributed by atoms with Gasteiger partial charge in [0.1, 0.15) is 5.60 Å². The molecule has 0 aliphatic carbocycles. The van der Waals surface area contributed by atoms with Gasteiger partial charge in [-0.2, -0.15) is 13.2 Å². The number of hydrogen-bond acceptors (Lipinski definition) is 4. The fourth-order valence-electron chi connectivity index (χ4n) is 2.57. The lowest BCUT2D eigenvalue weighted by Gasteiger charge is -2.41. The first-order valence-corrected chi connectivity index (χ1v) is 11.7. The van der Waals surface area contributed by atoms with Crippen LogP contribution in [0.5, 0.6) is 0 Å². The molecule has 26 heavy (non-hydrogen) atoms. The SMILES string of the molecule is CC(C)(C)OC(=O)N1CC[C@H](O[Si](C)(C)C(C)(C)C)[C@H]1[C@H](O)C(F)(F)F. The predicted molar refractivity (Wildman–Crippen MR) is 95.5 cm³/mol. The molecule has 9 heteroatoms. The zero-order valence-corrected chi connectivity index (χ0v) is 17.9. The van der Waals surface area contributed by atoms with Crippen LogP contribution in [-0.2, 0) is 9.16 Å². The van der Waals surface area contributed by atoms with Gasteiger partial charge in [-0.1, -0.05) is 20.8 Å². The lowest BCUT2D eigenvalue weighted by atomic mass is 10.1. The van der Waals surface area contributed by atoms with Crippen molar-refractivity contribution in [2.24, 2.45) is 0 Å². The van der Waals surface area contributed by atoms with Crippen LogP contribution in [0.2, 0.25) is 18.1 Å². The first-order chi connectivity index (χ1) is 11.4. The van der Waals surface area contributed by atoms with Crippen molar-refractivity contribution >= 4 is 14.4 Å². The summed E-state index contributed by atoms with van der Waals surface area (Å²) in [6, 6.07) is -1.51. The summed E-state index contributed by atoms with van der Waals surface area (Å²) in [4.78, 5) is 13.4. The van der Waals surface area contributed by atoms with E-state index >= 15 is 0 Å². The van der Waals surface area contributed by atoms with E-state index in [9.17, 15) is 23.1 Å². The summed E-state index contributed by atoms with van der Waals surface area (Å²) in [7, 11) is -2.39. The van der Waals surface area contributed by atoms with Gasteiger partial charge >= 0.3 is 12.3 Å². The van der Waals surface area contributed by atoms with Crippen LogP contribution in [0.4, 0.5) is 18.0 Å². The zero-order chi connectivity index (χ0) is 20.7. The zero-order valence-electron chi connectivity index (χ0n) is 16.9. The fourth-order valence-corrected chi connectivity index (χ4v) is 3.94. The lowest BCUT2D eigenvalue weighted by molar-refractivity contribution is -0.223. The van der Waals surface area contributed by atoms with Crippen molar-refractivity contribution in [2.75, 3.05) is 6.54 Å².